The number of aryl methyl sites for hydroxylation is 2. The molecule has 0 unspecified atom stereocenters. The Morgan fingerprint density at radius 3 is 2.55 bits per heavy atom. The topological polar surface area (TPSA) is 98.8 Å². The molecule has 0 amide bonds. The first-order valence-electron chi connectivity index (χ1n) is 9.04. The van der Waals surface area contributed by atoms with Gasteiger partial charge in [-0.2, -0.15) is 0 Å². The highest BCUT2D eigenvalue weighted by atomic mass is 32.2. The van der Waals surface area contributed by atoms with Gasteiger partial charge in [-0.1, -0.05) is 30.3 Å². The molecule has 0 saturated heterocycles. The maximum Gasteiger partial charge on any atom is 0.419 e. The Morgan fingerprint density at radius 2 is 1.83 bits per heavy atom. The van der Waals surface area contributed by atoms with E-state index in [-0.39, 0.29) is 6.61 Å². The van der Waals surface area contributed by atoms with E-state index in [0.29, 0.717) is 29.8 Å². The molecule has 0 spiro atoms. The lowest BCUT2D eigenvalue weighted by molar-refractivity contribution is -0.141. The fourth-order valence-corrected chi connectivity index (χ4v) is 3.92. The average Bonchev–Trinajstić information content (AvgIpc) is 2.98. The molecule has 1 heterocycles. The van der Waals surface area contributed by atoms with Crippen molar-refractivity contribution >= 4 is 32.8 Å². The molecule has 2 aromatic carbocycles. The first-order valence-corrected chi connectivity index (χ1v) is 10.9. The predicted octanol–water partition coefficient (Wildman–Crippen LogP) is 2.30. The standard InChI is InChI=1S/C20H22N2O6S/c1-15-8-3-4-9-16(15)22(29(2,25)26)14-19(23)27-13-7-12-21-17-10-5-6-11-18(17)28-20(21)24/h3-6,8-11H,7,12-14H2,1-2H3. The molecular formula is C20H22N2O6S. The Morgan fingerprint density at radius 1 is 1.14 bits per heavy atom. The van der Waals surface area contributed by atoms with Gasteiger partial charge >= 0.3 is 11.7 Å². The molecule has 154 valence electrons. The number of esters is 1. The molecule has 8 nitrogen and oxygen atoms in total. The molecule has 9 heteroatoms. The summed E-state index contributed by atoms with van der Waals surface area (Å²) in [7, 11) is -3.66. The van der Waals surface area contributed by atoms with E-state index in [4.69, 9.17) is 9.15 Å². The third kappa shape index (κ3) is 4.86. The highest BCUT2D eigenvalue weighted by molar-refractivity contribution is 7.92. The number of hydrogen-bond donors (Lipinski definition) is 0. The minimum atomic E-state index is -3.66. The van der Waals surface area contributed by atoms with Gasteiger partial charge in [0.2, 0.25) is 10.0 Å². The smallest absolute Gasteiger partial charge is 0.419 e. The van der Waals surface area contributed by atoms with Gasteiger partial charge < -0.3 is 9.15 Å². The van der Waals surface area contributed by atoms with Crippen LogP contribution in [0.4, 0.5) is 5.69 Å². The van der Waals surface area contributed by atoms with Crippen LogP contribution in [0.2, 0.25) is 0 Å². The van der Waals surface area contributed by atoms with Crippen molar-refractivity contribution in [2.24, 2.45) is 0 Å². The van der Waals surface area contributed by atoms with Crippen molar-refractivity contribution in [3.63, 3.8) is 0 Å². The summed E-state index contributed by atoms with van der Waals surface area (Å²) in [5.74, 6) is -1.14. The van der Waals surface area contributed by atoms with Crippen molar-refractivity contribution in [3.8, 4) is 0 Å². The Kier molecular flexibility index (Phi) is 6.07. The number of nitrogens with zero attached hydrogens (tertiary/aromatic N) is 2. The number of carbonyl (C=O) groups is 1. The normalized spacial score (nSPS) is 11.5. The predicted molar refractivity (Wildman–Crippen MR) is 109 cm³/mol. The van der Waals surface area contributed by atoms with E-state index in [0.717, 1.165) is 16.1 Å². The van der Waals surface area contributed by atoms with Crippen LogP contribution >= 0.6 is 0 Å². The molecule has 0 aliphatic rings. The second kappa shape index (κ2) is 8.52. The zero-order chi connectivity index (χ0) is 21.0. The van der Waals surface area contributed by atoms with E-state index in [9.17, 15) is 18.0 Å². The Balaban J connectivity index is 1.59. The summed E-state index contributed by atoms with van der Waals surface area (Å²) < 4.78 is 37.1. The number of ether oxygens (including phenoxy) is 1. The molecule has 3 rings (SSSR count). The van der Waals surface area contributed by atoms with Crippen molar-refractivity contribution in [2.45, 2.75) is 19.9 Å². The largest absolute Gasteiger partial charge is 0.464 e. The molecule has 29 heavy (non-hydrogen) atoms. The maximum absolute atomic E-state index is 12.2. The second-order valence-electron chi connectivity index (χ2n) is 6.62. The van der Waals surface area contributed by atoms with Crippen LogP contribution in [0, 0.1) is 6.92 Å². The molecule has 0 fully saturated rings. The van der Waals surface area contributed by atoms with E-state index in [1.54, 1.807) is 55.5 Å². The number of oxazole rings is 1. The number of aromatic nitrogens is 1. The van der Waals surface area contributed by atoms with Crippen molar-refractivity contribution in [2.75, 3.05) is 23.7 Å². The van der Waals surface area contributed by atoms with Crippen LogP contribution < -0.4 is 10.1 Å². The number of fused-ring (bicyclic) bond motifs is 1. The molecule has 0 aliphatic heterocycles. The zero-order valence-electron chi connectivity index (χ0n) is 16.2. The Bertz CT molecular complexity index is 1180. The molecule has 0 atom stereocenters. The number of sulfonamides is 1. The molecule has 0 aliphatic carbocycles. The average molecular weight is 418 g/mol. The molecule has 0 bridgehead atoms. The van der Waals surface area contributed by atoms with Gasteiger partial charge in [0.15, 0.2) is 5.58 Å². The van der Waals surface area contributed by atoms with E-state index in [2.05, 4.69) is 0 Å². The summed E-state index contributed by atoms with van der Waals surface area (Å²) >= 11 is 0. The highest BCUT2D eigenvalue weighted by Gasteiger charge is 2.22. The van der Waals surface area contributed by atoms with Crippen LogP contribution in [0.15, 0.2) is 57.7 Å². The summed E-state index contributed by atoms with van der Waals surface area (Å²) in [5.41, 5.74) is 2.34. The number of carbonyl (C=O) groups excluding carboxylic acids is 1. The fourth-order valence-electron chi connectivity index (χ4n) is 3.02. The van der Waals surface area contributed by atoms with Crippen LogP contribution in [-0.4, -0.2) is 38.4 Å². The number of benzene rings is 2. The minimum Gasteiger partial charge on any atom is -0.464 e. The summed E-state index contributed by atoms with van der Waals surface area (Å²) in [6.07, 6.45) is 1.43. The quantitative estimate of drug-likeness (QED) is 0.411. The van der Waals surface area contributed by atoms with Crippen molar-refractivity contribution in [1.82, 2.24) is 4.57 Å². The summed E-state index contributed by atoms with van der Waals surface area (Å²) in [5, 5.41) is 0. The van der Waals surface area contributed by atoms with E-state index in [1.165, 1.54) is 4.57 Å². The molecule has 3 aromatic rings. The first-order chi connectivity index (χ1) is 13.8. The summed E-state index contributed by atoms with van der Waals surface area (Å²) in [4.78, 5) is 24.1. The monoisotopic (exact) mass is 418 g/mol. The van der Waals surface area contributed by atoms with Crippen molar-refractivity contribution in [3.05, 3.63) is 64.6 Å². The van der Waals surface area contributed by atoms with Crippen molar-refractivity contribution in [1.29, 1.82) is 0 Å². The maximum atomic E-state index is 12.2. The molecular weight excluding hydrogens is 396 g/mol. The lowest BCUT2D eigenvalue weighted by atomic mass is 10.2. The third-order valence-electron chi connectivity index (χ3n) is 4.42. The zero-order valence-corrected chi connectivity index (χ0v) is 17.0. The van der Waals surface area contributed by atoms with Crippen LogP contribution in [-0.2, 0) is 26.1 Å². The van der Waals surface area contributed by atoms with Gasteiger partial charge in [-0.25, -0.2) is 13.2 Å². The van der Waals surface area contributed by atoms with E-state index >= 15 is 0 Å². The van der Waals surface area contributed by atoms with E-state index < -0.39 is 28.3 Å². The van der Waals surface area contributed by atoms with Gasteiger partial charge in [0.25, 0.3) is 0 Å². The van der Waals surface area contributed by atoms with Crippen molar-refractivity contribution < 1.29 is 22.4 Å². The lowest BCUT2D eigenvalue weighted by Gasteiger charge is -2.23. The van der Waals surface area contributed by atoms with Gasteiger partial charge in [0.1, 0.15) is 6.54 Å². The third-order valence-corrected chi connectivity index (χ3v) is 5.55. The highest BCUT2D eigenvalue weighted by Crippen LogP contribution is 2.21. The molecule has 0 radical (unpaired) electrons. The molecule has 0 saturated carbocycles. The Hall–Kier alpha value is -3.07. The lowest BCUT2D eigenvalue weighted by Crippen LogP contribution is -2.36. The first kappa shape index (κ1) is 20.7. The Labute approximate surface area is 168 Å². The van der Waals surface area contributed by atoms with E-state index in [1.807, 2.05) is 0 Å². The fraction of sp³-hybridized carbons (Fsp3) is 0.300. The minimum absolute atomic E-state index is 0.0517. The molecule has 0 N–H and O–H groups in total. The van der Waals surface area contributed by atoms with Gasteiger partial charge in [0, 0.05) is 6.54 Å². The molecule has 1 aromatic heterocycles. The van der Waals surface area contributed by atoms with Gasteiger partial charge in [-0.05, 0) is 37.1 Å². The van der Waals surface area contributed by atoms with Crippen LogP contribution in [0.5, 0.6) is 0 Å². The van der Waals surface area contributed by atoms with Gasteiger partial charge in [-0.3, -0.25) is 13.7 Å². The SMILES string of the molecule is Cc1ccccc1N(CC(=O)OCCCn1c(=O)oc2ccccc21)S(C)(=O)=O. The summed E-state index contributed by atoms with van der Waals surface area (Å²) in [6, 6.07) is 14.0. The van der Waals surface area contributed by atoms with Crippen LogP contribution in [0.1, 0.15) is 12.0 Å². The van der Waals surface area contributed by atoms with Gasteiger partial charge in [0.05, 0.1) is 24.1 Å². The number of hydrogen-bond acceptors (Lipinski definition) is 6. The summed E-state index contributed by atoms with van der Waals surface area (Å²) in [6.45, 7) is 1.72. The van der Waals surface area contributed by atoms with Crippen LogP contribution in [0.3, 0.4) is 0 Å². The second-order valence-corrected chi connectivity index (χ2v) is 8.52. The number of anilines is 1. The number of rotatable bonds is 8. The van der Waals surface area contributed by atoms with Crippen LogP contribution in [0.25, 0.3) is 11.1 Å². The van der Waals surface area contributed by atoms with Gasteiger partial charge in [-0.15, -0.1) is 0 Å². The number of para-hydroxylation sites is 3.